The Bertz CT molecular complexity index is 956. The van der Waals surface area contributed by atoms with Crippen molar-refractivity contribution in [1.82, 2.24) is 0 Å². The molecule has 2 aliphatic carbocycles. The lowest BCUT2D eigenvalue weighted by Gasteiger charge is -2.42. The zero-order chi connectivity index (χ0) is 23.2. The molecule has 0 amide bonds. The molecule has 2 aromatic carbocycles. The third-order valence-electron chi connectivity index (χ3n) is 8.17. The zero-order valence-corrected chi connectivity index (χ0v) is 20.0. The second-order valence-electron chi connectivity index (χ2n) is 10.2. The van der Waals surface area contributed by atoms with E-state index in [4.69, 9.17) is 0 Å². The maximum atomic E-state index is 14.7. The van der Waals surface area contributed by atoms with Gasteiger partial charge in [0.1, 0.15) is 0 Å². The van der Waals surface area contributed by atoms with Crippen LogP contribution in [0.5, 0.6) is 0 Å². The van der Waals surface area contributed by atoms with Gasteiger partial charge in [0.15, 0.2) is 11.6 Å². The third-order valence-corrected chi connectivity index (χ3v) is 8.17. The predicted octanol–water partition coefficient (Wildman–Crippen LogP) is 9.41. The molecule has 33 heavy (non-hydrogen) atoms. The Labute approximate surface area is 198 Å². The van der Waals surface area contributed by atoms with E-state index in [1.54, 1.807) is 18.2 Å². The van der Waals surface area contributed by atoms with Crippen molar-refractivity contribution in [3.63, 3.8) is 0 Å². The van der Waals surface area contributed by atoms with E-state index in [9.17, 15) is 8.78 Å². The fourth-order valence-electron chi connectivity index (χ4n) is 6.25. The van der Waals surface area contributed by atoms with Gasteiger partial charge < -0.3 is 0 Å². The first-order valence-electron chi connectivity index (χ1n) is 12.9. The largest absolute Gasteiger partial charge is 0.203 e. The van der Waals surface area contributed by atoms with Crippen LogP contribution in [0.1, 0.15) is 81.8 Å². The SMILES string of the molecule is C=CCCc1ccc(-c2ccc(C3CCC4CC(CC/C=C/C)CCC4C3)cc2)c(F)c1F. The van der Waals surface area contributed by atoms with Crippen molar-refractivity contribution in [2.24, 2.45) is 17.8 Å². The van der Waals surface area contributed by atoms with Crippen molar-refractivity contribution in [3.8, 4) is 11.1 Å². The normalized spacial score (nSPS) is 25.2. The van der Waals surface area contributed by atoms with Gasteiger partial charge >= 0.3 is 0 Å². The summed E-state index contributed by atoms with van der Waals surface area (Å²) in [4.78, 5) is 0. The van der Waals surface area contributed by atoms with E-state index in [1.807, 2.05) is 12.1 Å². The molecule has 4 rings (SSSR count). The van der Waals surface area contributed by atoms with Gasteiger partial charge in [-0.1, -0.05) is 61.0 Å². The van der Waals surface area contributed by atoms with E-state index in [0.29, 0.717) is 29.9 Å². The van der Waals surface area contributed by atoms with Crippen molar-refractivity contribution in [3.05, 3.63) is 84.0 Å². The van der Waals surface area contributed by atoms with E-state index in [2.05, 4.69) is 37.8 Å². The molecule has 0 nitrogen and oxygen atoms in total. The number of aryl methyl sites for hydroxylation is 1. The van der Waals surface area contributed by atoms with Crippen molar-refractivity contribution < 1.29 is 8.78 Å². The Morgan fingerprint density at radius 3 is 2.39 bits per heavy atom. The van der Waals surface area contributed by atoms with Gasteiger partial charge in [-0.3, -0.25) is 0 Å². The molecule has 0 spiro atoms. The molecular formula is C31H38F2. The number of rotatable bonds is 8. The minimum atomic E-state index is -0.740. The van der Waals surface area contributed by atoms with Crippen LogP contribution in [-0.2, 0) is 6.42 Å². The molecule has 0 saturated heterocycles. The Kier molecular flexibility index (Phi) is 8.17. The van der Waals surface area contributed by atoms with Gasteiger partial charge in [0, 0.05) is 5.56 Å². The monoisotopic (exact) mass is 448 g/mol. The molecule has 4 atom stereocenters. The van der Waals surface area contributed by atoms with E-state index in [-0.39, 0.29) is 0 Å². The minimum absolute atomic E-state index is 0.348. The number of allylic oxidation sites excluding steroid dienone is 3. The topological polar surface area (TPSA) is 0 Å². The summed E-state index contributed by atoms with van der Waals surface area (Å²) in [7, 11) is 0. The van der Waals surface area contributed by atoms with E-state index in [1.165, 1.54) is 56.9 Å². The predicted molar refractivity (Wildman–Crippen MR) is 135 cm³/mol. The molecule has 0 radical (unpaired) electrons. The Morgan fingerprint density at radius 2 is 1.64 bits per heavy atom. The fourth-order valence-corrected chi connectivity index (χ4v) is 6.25. The van der Waals surface area contributed by atoms with Crippen molar-refractivity contribution >= 4 is 0 Å². The Balaban J connectivity index is 1.39. The molecule has 2 aliphatic rings. The number of hydrogen-bond acceptors (Lipinski definition) is 0. The summed E-state index contributed by atoms with van der Waals surface area (Å²) in [5, 5.41) is 0. The summed E-state index contributed by atoms with van der Waals surface area (Å²) < 4.78 is 29.2. The number of hydrogen-bond donors (Lipinski definition) is 0. The van der Waals surface area contributed by atoms with Crippen LogP contribution in [0.25, 0.3) is 11.1 Å². The number of fused-ring (bicyclic) bond motifs is 1. The molecule has 0 bridgehead atoms. The van der Waals surface area contributed by atoms with Gasteiger partial charge in [-0.25, -0.2) is 8.78 Å². The molecule has 0 aromatic heterocycles. The average Bonchev–Trinajstić information content (AvgIpc) is 2.85. The summed E-state index contributed by atoms with van der Waals surface area (Å²) in [5.74, 6) is 1.81. The smallest absolute Gasteiger partial charge is 0.166 e. The maximum Gasteiger partial charge on any atom is 0.166 e. The summed E-state index contributed by atoms with van der Waals surface area (Å²) >= 11 is 0. The fraction of sp³-hybridized carbons (Fsp3) is 0.484. The summed E-state index contributed by atoms with van der Waals surface area (Å²) in [6, 6.07) is 11.7. The molecule has 2 saturated carbocycles. The highest BCUT2D eigenvalue weighted by atomic mass is 19.2. The molecule has 4 unspecified atom stereocenters. The summed E-state index contributed by atoms with van der Waals surface area (Å²) in [5.41, 5.74) is 2.87. The van der Waals surface area contributed by atoms with Crippen molar-refractivity contribution in [2.75, 3.05) is 0 Å². The minimum Gasteiger partial charge on any atom is -0.203 e. The van der Waals surface area contributed by atoms with Gasteiger partial charge in [0.2, 0.25) is 0 Å². The molecule has 0 aliphatic heterocycles. The number of halogens is 2. The van der Waals surface area contributed by atoms with E-state index >= 15 is 0 Å². The van der Waals surface area contributed by atoms with Crippen molar-refractivity contribution in [1.29, 1.82) is 0 Å². The highest BCUT2D eigenvalue weighted by Crippen LogP contribution is 2.48. The van der Waals surface area contributed by atoms with Crippen LogP contribution in [0.4, 0.5) is 8.78 Å². The van der Waals surface area contributed by atoms with Crippen LogP contribution in [0.3, 0.4) is 0 Å². The van der Waals surface area contributed by atoms with Gasteiger partial charge in [-0.2, -0.15) is 0 Å². The van der Waals surface area contributed by atoms with Gasteiger partial charge in [-0.05, 0) is 105 Å². The summed E-state index contributed by atoms with van der Waals surface area (Å²) in [6.45, 7) is 5.77. The number of benzene rings is 2. The highest BCUT2D eigenvalue weighted by Gasteiger charge is 2.35. The molecule has 2 aromatic rings. The van der Waals surface area contributed by atoms with Gasteiger partial charge in [0.05, 0.1) is 0 Å². The van der Waals surface area contributed by atoms with E-state index < -0.39 is 11.6 Å². The van der Waals surface area contributed by atoms with Crippen LogP contribution in [0.15, 0.2) is 61.2 Å². The average molecular weight is 449 g/mol. The first kappa shape index (κ1) is 23.9. The lowest BCUT2D eigenvalue weighted by Crippen LogP contribution is -2.30. The summed E-state index contributed by atoms with van der Waals surface area (Å²) in [6.07, 6.45) is 18.0. The lowest BCUT2D eigenvalue weighted by atomic mass is 9.63. The molecule has 2 fully saturated rings. The zero-order valence-electron chi connectivity index (χ0n) is 20.0. The van der Waals surface area contributed by atoms with Crippen LogP contribution in [0, 0.1) is 29.4 Å². The Morgan fingerprint density at radius 1 is 0.879 bits per heavy atom. The quantitative estimate of drug-likeness (QED) is 0.353. The van der Waals surface area contributed by atoms with Crippen LogP contribution >= 0.6 is 0 Å². The standard InChI is InChI=1S/C31H38F2/c1-3-5-7-8-22-10-11-28-21-27(17-16-26(28)20-22)23-12-14-24(15-13-23)29-19-18-25(9-6-4-2)30(32)31(29)33/h3-5,12-15,18-19,22,26-28H,2,6-11,16-17,20-21H2,1H3/b5-3+. The molecule has 0 N–H and O–H groups in total. The van der Waals surface area contributed by atoms with Crippen LogP contribution in [-0.4, -0.2) is 0 Å². The molecule has 176 valence electrons. The first-order valence-corrected chi connectivity index (χ1v) is 12.9. The second kappa shape index (κ2) is 11.3. The molecule has 2 heteroatoms. The van der Waals surface area contributed by atoms with Crippen LogP contribution < -0.4 is 0 Å². The van der Waals surface area contributed by atoms with Crippen molar-refractivity contribution in [2.45, 2.75) is 77.0 Å². The Hall–Kier alpha value is -2.22. The second-order valence-corrected chi connectivity index (χ2v) is 10.2. The van der Waals surface area contributed by atoms with Gasteiger partial charge in [0.25, 0.3) is 0 Å². The highest BCUT2D eigenvalue weighted by molar-refractivity contribution is 5.65. The van der Waals surface area contributed by atoms with E-state index in [0.717, 1.165) is 23.3 Å². The molecular weight excluding hydrogens is 410 g/mol. The maximum absolute atomic E-state index is 14.7. The van der Waals surface area contributed by atoms with Crippen LogP contribution in [0.2, 0.25) is 0 Å². The lowest BCUT2D eigenvalue weighted by molar-refractivity contribution is 0.115. The first-order chi connectivity index (χ1) is 16.1. The third kappa shape index (κ3) is 5.65. The van der Waals surface area contributed by atoms with Gasteiger partial charge in [-0.15, -0.1) is 6.58 Å². The molecule has 0 heterocycles.